The quantitative estimate of drug-likeness (QED) is 0.537. The molecule has 0 radical (unpaired) electrons. The highest BCUT2D eigenvalue weighted by atomic mass is 35.5. The third-order valence-corrected chi connectivity index (χ3v) is 5.10. The average molecular weight is 363 g/mol. The van der Waals surface area contributed by atoms with Gasteiger partial charge in [0.2, 0.25) is 0 Å². The number of carbonyl (C=O) groups is 1. The van der Waals surface area contributed by atoms with E-state index in [0.717, 1.165) is 11.3 Å². The van der Waals surface area contributed by atoms with Crippen LogP contribution in [0.4, 0.5) is 11.4 Å². The Morgan fingerprint density at radius 1 is 1.29 bits per heavy atom. The van der Waals surface area contributed by atoms with Crippen LogP contribution < -0.4 is 10.1 Å². The third kappa shape index (κ3) is 2.91. The van der Waals surface area contributed by atoms with Crippen LogP contribution in [0.3, 0.4) is 0 Å². The van der Waals surface area contributed by atoms with Gasteiger partial charge in [0.1, 0.15) is 15.3 Å². The summed E-state index contributed by atoms with van der Waals surface area (Å²) < 4.78 is 5.48. The van der Waals surface area contributed by atoms with Crippen LogP contribution in [0.15, 0.2) is 42.5 Å². The molecule has 1 amide bonds. The first kappa shape index (κ1) is 16.2. The van der Waals surface area contributed by atoms with E-state index in [1.165, 1.54) is 13.2 Å². The van der Waals surface area contributed by atoms with Gasteiger partial charge >= 0.3 is 0 Å². The minimum atomic E-state index is -0.487. The molecule has 0 saturated heterocycles. The Kier molecular flexibility index (Phi) is 4.37. The largest absolute Gasteiger partial charge is 0.497 e. The van der Waals surface area contributed by atoms with Gasteiger partial charge in [-0.3, -0.25) is 14.9 Å². The Bertz CT molecular complexity index is 954. The van der Waals surface area contributed by atoms with Crippen molar-refractivity contribution in [1.29, 1.82) is 0 Å². The molecule has 0 bridgehead atoms. The second kappa shape index (κ2) is 6.46. The normalized spacial score (nSPS) is 10.6. The second-order valence-corrected chi connectivity index (χ2v) is 6.24. The molecule has 24 heavy (non-hydrogen) atoms. The molecule has 1 heterocycles. The van der Waals surface area contributed by atoms with Gasteiger partial charge in [0.15, 0.2) is 0 Å². The van der Waals surface area contributed by atoms with E-state index >= 15 is 0 Å². The molecule has 0 fully saturated rings. The maximum atomic E-state index is 12.5. The van der Waals surface area contributed by atoms with Crippen molar-refractivity contribution in [3.8, 4) is 5.75 Å². The summed E-state index contributed by atoms with van der Waals surface area (Å²) in [5.41, 5.74) is 0.474. The van der Waals surface area contributed by atoms with Gasteiger partial charge in [-0.15, -0.1) is 11.3 Å². The lowest BCUT2D eigenvalue weighted by molar-refractivity contribution is -0.382. The Labute approximate surface area is 145 Å². The van der Waals surface area contributed by atoms with Crippen LogP contribution in [-0.2, 0) is 0 Å². The Morgan fingerprint density at radius 2 is 2.04 bits per heavy atom. The number of amides is 1. The number of nitro groups is 1. The van der Waals surface area contributed by atoms with E-state index in [2.05, 4.69) is 5.32 Å². The first-order chi connectivity index (χ1) is 11.5. The summed E-state index contributed by atoms with van der Waals surface area (Å²) in [6, 6.07) is 11.5. The van der Waals surface area contributed by atoms with Crippen LogP contribution in [-0.4, -0.2) is 17.9 Å². The summed E-state index contributed by atoms with van der Waals surface area (Å²) in [6.45, 7) is 0. The van der Waals surface area contributed by atoms with Crippen LogP contribution in [0.2, 0.25) is 5.02 Å². The van der Waals surface area contributed by atoms with Gasteiger partial charge in [-0.2, -0.15) is 0 Å². The van der Waals surface area contributed by atoms with Gasteiger partial charge in [0, 0.05) is 23.2 Å². The molecule has 6 nitrogen and oxygen atoms in total. The zero-order valence-electron chi connectivity index (χ0n) is 12.4. The molecule has 0 aliphatic heterocycles. The predicted octanol–water partition coefficient (Wildman–Crippen LogP) is 4.72. The van der Waals surface area contributed by atoms with Crippen LogP contribution in [0.1, 0.15) is 9.67 Å². The van der Waals surface area contributed by atoms with Gasteiger partial charge in [0.25, 0.3) is 11.6 Å². The Balaban J connectivity index is 1.99. The summed E-state index contributed by atoms with van der Waals surface area (Å²) in [5.74, 6) is 0.176. The monoisotopic (exact) mass is 362 g/mol. The fraction of sp³-hybridized carbons (Fsp3) is 0.0625. The van der Waals surface area contributed by atoms with E-state index in [0.29, 0.717) is 21.5 Å². The number of nitrogens with one attached hydrogen (secondary N) is 1. The molecular formula is C16H11ClN2O4S. The molecule has 122 valence electrons. The smallest absolute Gasteiger partial charge is 0.287 e. The molecule has 3 aromatic rings. The molecule has 0 saturated carbocycles. The van der Waals surface area contributed by atoms with E-state index in [-0.39, 0.29) is 15.6 Å². The van der Waals surface area contributed by atoms with Gasteiger partial charge in [-0.25, -0.2) is 0 Å². The van der Waals surface area contributed by atoms with E-state index in [4.69, 9.17) is 16.3 Å². The number of nitrogens with zero attached hydrogens (tertiary/aromatic N) is 1. The first-order valence-corrected chi connectivity index (χ1v) is 8.01. The van der Waals surface area contributed by atoms with Crippen molar-refractivity contribution in [3.63, 3.8) is 0 Å². The minimum Gasteiger partial charge on any atom is -0.497 e. The number of rotatable bonds is 4. The maximum absolute atomic E-state index is 12.5. The topological polar surface area (TPSA) is 81.5 Å². The number of non-ortho nitro benzene ring substituents is 1. The maximum Gasteiger partial charge on any atom is 0.287 e. The van der Waals surface area contributed by atoms with Crippen molar-refractivity contribution < 1.29 is 14.5 Å². The number of carbonyl (C=O) groups excluding carboxylic acids is 1. The fourth-order valence-electron chi connectivity index (χ4n) is 2.25. The molecule has 0 aliphatic carbocycles. The molecule has 2 aromatic carbocycles. The summed E-state index contributed by atoms with van der Waals surface area (Å²) in [5, 5.41) is 14.5. The van der Waals surface area contributed by atoms with Gasteiger partial charge in [0.05, 0.1) is 17.1 Å². The lowest BCUT2D eigenvalue weighted by atomic mass is 10.2. The van der Waals surface area contributed by atoms with E-state index in [1.54, 1.807) is 36.4 Å². The van der Waals surface area contributed by atoms with Gasteiger partial charge in [-0.05, 0) is 12.1 Å². The summed E-state index contributed by atoms with van der Waals surface area (Å²) >= 11 is 7.25. The van der Waals surface area contributed by atoms with Crippen LogP contribution in [0.5, 0.6) is 5.75 Å². The van der Waals surface area contributed by atoms with E-state index in [9.17, 15) is 14.9 Å². The molecule has 1 aromatic heterocycles. The number of ether oxygens (including phenoxy) is 1. The van der Waals surface area contributed by atoms with E-state index < -0.39 is 10.8 Å². The second-order valence-electron chi connectivity index (χ2n) is 4.84. The number of halogens is 1. The van der Waals surface area contributed by atoms with Crippen LogP contribution >= 0.6 is 22.9 Å². The van der Waals surface area contributed by atoms with Crippen molar-refractivity contribution in [2.75, 3.05) is 12.4 Å². The molecule has 0 spiro atoms. The molecule has 8 heteroatoms. The zero-order valence-corrected chi connectivity index (χ0v) is 14.0. The highest BCUT2D eigenvalue weighted by molar-refractivity contribution is 7.22. The van der Waals surface area contributed by atoms with Gasteiger partial charge in [-0.1, -0.05) is 29.8 Å². The number of anilines is 1. The third-order valence-electron chi connectivity index (χ3n) is 3.36. The number of fused-ring (bicyclic) bond motifs is 1. The molecule has 3 rings (SSSR count). The summed E-state index contributed by atoms with van der Waals surface area (Å²) in [4.78, 5) is 23.3. The van der Waals surface area contributed by atoms with Crippen LogP contribution in [0.25, 0.3) is 10.1 Å². The summed E-state index contributed by atoms with van der Waals surface area (Å²) in [6.07, 6.45) is 0. The molecule has 0 atom stereocenters. The SMILES string of the molecule is COc1cccc(NC(=O)c2sc3c([N+](=O)[O-])cccc3c2Cl)c1. The number of thiophene rings is 1. The summed E-state index contributed by atoms with van der Waals surface area (Å²) in [7, 11) is 1.53. The van der Waals surface area contributed by atoms with Crippen molar-refractivity contribution in [2.24, 2.45) is 0 Å². The number of benzene rings is 2. The van der Waals surface area contributed by atoms with Gasteiger partial charge < -0.3 is 10.1 Å². The highest BCUT2D eigenvalue weighted by Crippen LogP contribution is 2.40. The van der Waals surface area contributed by atoms with Crippen LogP contribution in [0, 0.1) is 10.1 Å². The number of hydrogen-bond donors (Lipinski definition) is 1. The lowest BCUT2D eigenvalue weighted by Crippen LogP contribution is -2.10. The molecule has 0 unspecified atom stereocenters. The molecule has 0 aliphatic rings. The fourth-order valence-corrected chi connectivity index (χ4v) is 3.74. The standard InChI is InChI=1S/C16H11ClN2O4S/c1-23-10-5-2-4-9(8-10)18-16(20)15-13(17)11-6-3-7-12(19(21)22)14(11)24-15/h2-8H,1H3,(H,18,20). The predicted molar refractivity (Wildman–Crippen MR) is 94.4 cm³/mol. The van der Waals surface area contributed by atoms with Crippen molar-refractivity contribution in [2.45, 2.75) is 0 Å². The Hall–Kier alpha value is -2.64. The Morgan fingerprint density at radius 3 is 2.75 bits per heavy atom. The molecule has 1 N–H and O–H groups in total. The minimum absolute atomic E-state index is 0.0696. The number of nitro benzene ring substituents is 1. The highest BCUT2D eigenvalue weighted by Gasteiger charge is 2.22. The number of methoxy groups -OCH3 is 1. The average Bonchev–Trinajstić information content (AvgIpc) is 2.92. The van der Waals surface area contributed by atoms with E-state index in [1.807, 2.05) is 0 Å². The lowest BCUT2D eigenvalue weighted by Gasteiger charge is -2.06. The van der Waals surface area contributed by atoms with Crippen molar-refractivity contribution >= 4 is 50.3 Å². The number of hydrogen-bond acceptors (Lipinski definition) is 5. The molecular weight excluding hydrogens is 352 g/mol. The zero-order chi connectivity index (χ0) is 17.3. The van der Waals surface area contributed by atoms with Crippen molar-refractivity contribution in [1.82, 2.24) is 0 Å². The first-order valence-electron chi connectivity index (χ1n) is 6.82. The van der Waals surface area contributed by atoms with Crippen molar-refractivity contribution in [3.05, 3.63) is 62.5 Å².